The first kappa shape index (κ1) is 15.8. The van der Waals surface area contributed by atoms with Gasteiger partial charge in [-0.25, -0.2) is 4.98 Å². The fourth-order valence-electron chi connectivity index (χ4n) is 2.38. The molecule has 1 fully saturated rings. The van der Waals surface area contributed by atoms with Crippen LogP contribution in [0.2, 0.25) is 0 Å². The van der Waals surface area contributed by atoms with E-state index in [9.17, 15) is 4.79 Å². The Morgan fingerprint density at radius 1 is 1.43 bits per heavy atom. The molecule has 0 aliphatic carbocycles. The van der Waals surface area contributed by atoms with E-state index in [4.69, 9.17) is 4.74 Å². The lowest BCUT2D eigenvalue weighted by Gasteiger charge is -2.22. The number of carbonyl (C=O) groups excluding carboxylic acids is 1. The summed E-state index contributed by atoms with van der Waals surface area (Å²) in [5, 5.41) is 5.97. The van der Waals surface area contributed by atoms with Crippen LogP contribution in [0, 0.1) is 0 Å². The van der Waals surface area contributed by atoms with Gasteiger partial charge >= 0.3 is 0 Å². The smallest absolute Gasteiger partial charge is 0.251 e. The SMILES string of the molecule is CNc1cc(C(=O)NCC2CCCCO2)cc(C(C)C)n1. The topological polar surface area (TPSA) is 63.2 Å². The summed E-state index contributed by atoms with van der Waals surface area (Å²) in [5.41, 5.74) is 1.56. The average Bonchev–Trinajstić information content (AvgIpc) is 2.53. The van der Waals surface area contributed by atoms with Gasteiger partial charge in [0.1, 0.15) is 5.82 Å². The van der Waals surface area contributed by atoms with Crippen molar-refractivity contribution in [1.29, 1.82) is 0 Å². The first-order valence-electron chi connectivity index (χ1n) is 7.69. The van der Waals surface area contributed by atoms with Gasteiger partial charge in [-0.15, -0.1) is 0 Å². The van der Waals surface area contributed by atoms with E-state index in [0.29, 0.717) is 12.1 Å². The number of nitrogens with zero attached hydrogens (tertiary/aromatic N) is 1. The van der Waals surface area contributed by atoms with Crippen LogP contribution < -0.4 is 10.6 Å². The Morgan fingerprint density at radius 2 is 2.24 bits per heavy atom. The van der Waals surface area contributed by atoms with Gasteiger partial charge in [-0.05, 0) is 37.3 Å². The van der Waals surface area contributed by atoms with Gasteiger partial charge in [-0.2, -0.15) is 0 Å². The van der Waals surface area contributed by atoms with Crippen LogP contribution in [0.15, 0.2) is 12.1 Å². The summed E-state index contributed by atoms with van der Waals surface area (Å²) >= 11 is 0. The maximum atomic E-state index is 12.3. The lowest BCUT2D eigenvalue weighted by Crippen LogP contribution is -2.35. The highest BCUT2D eigenvalue weighted by molar-refractivity contribution is 5.95. The molecule has 5 heteroatoms. The van der Waals surface area contributed by atoms with Gasteiger partial charge in [0.05, 0.1) is 6.10 Å². The van der Waals surface area contributed by atoms with Crippen molar-refractivity contribution in [2.24, 2.45) is 0 Å². The standard InChI is InChI=1S/C16H25N3O2/c1-11(2)14-8-12(9-15(17-3)19-14)16(20)18-10-13-6-4-5-7-21-13/h8-9,11,13H,4-7,10H2,1-3H3,(H,17,19)(H,18,20). The summed E-state index contributed by atoms with van der Waals surface area (Å²) in [6.07, 6.45) is 3.48. The molecule has 0 bridgehead atoms. The van der Waals surface area contributed by atoms with Gasteiger partial charge in [-0.1, -0.05) is 13.8 Å². The monoisotopic (exact) mass is 291 g/mol. The second kappa shape index (κ2) is 7.41. The quantitative estimate of drug-likeness (QED) is 0.875. The Morgan fingerprint density at radius 3 is 2.86 bits per heavy atom. The van der Waals surface area contributed by atoms with Gasteiger partial charge in [0.25, 0.3) is 5.91 Å². The van der Waals surface area contributed by atoms with Gasteiger partial charge in [-0.3, -0.25) is 4.79 Å². The minimum Gasteiger partial charge on any atom is -0.376 e. The number of nitrogens with one attached hydrogen (secondary N) is 2. The maximum absolute atomic E-state index is 12.3. The highest BCUT2D eigenvalue weighted by atomic mass is 16.5. The fourth-order valence-corrected chi connectivity index (χ4v) is 2.38. The van der Waals surface area contributed by atoms with Gasteiger partial charge in [0, 0.05) is 31.5 Å². The molecule has 1 aliphatic heterocycles. The molecule has 1 saturated heterocycles. The number of pyridine rings is 1. The second-order valence-corrected chi connectivity index (χ2v) is 5.77. The molecule has 116 valence electrons. The second-order valence-electron chi connectivity index (χ2n) is 5.77. The largest absolute Gasteiger partial charge is 0.376 e. The number of anilines is 1. The van der Waals surface area contributed by atoms with Crippen LogP contribution in [-0.4, -0.2) is 37.2 Å². The van der Waals surface area contributed by atoms with Crippen LogP contribution in [0.4, 0.5) is 5.82 Å². The fraction of sp³-hybridized carbons (Fsp3) is 0.625. The molecule has 1 aromatic heterocycles. The minimum atomic E-state index is -0.0648. The van der Waals surface area contributed by atoms with Crippen molar-refractivity contribution in [3.63, 3.8) is 0 Å². The van der Waals surface area contributed by atoms with Crippen molar-refractivity contribution < 1.29 is 9.53 Å². The first-order valence-corrected chi connectivity index (χ1v) is 7.69. The molecule has 2 heterocycles. The molecule has 1 unspecified atom stereocenters. The summed E-state index contributed by atoms with van der Waals surface area (Å²) in [6.45, 7) is 5.52. The summed E-state index contributed by atoms with van der Waals surface area (Å²) in [4.78, 5) is 16.8. The Balaban J connectivity index is 2.02. The lowest BCUT2D eigenvalue weighted by atomic mass is 10.1. The molecule has 1 aromatic rings. The summed E-state index contributed by atoms with van der Waals surface area (Å²) in [6, 6.07) is 3.64. The average molecular weight is 291 g/mol. The Bertz CT molecular complexity index is 482. The zero-order valence-corrected chi connectivity index (χ0v) is 13.1. The molecule has 5 nitrogen and oxygen atoms in total. The van der Waals surface area contributed by atoms with Gasteiger partial charge in [0.2, 0.25) is 0 Å². The molecule has 0 radical (unpaired) electrons. The van der Waals surface area contributed by atoms with Crippen molar-refractivity contribution >= 4 is 11.7 Å². The first-order chi connectivity index (χ1) is 10.1. The van der Waals surface area contributed by atoms with E-state index in [1.807, 2.05) is 13.1 Å². The van der Waals surface area contributed by atoms with Crippen molar-refractivity contribution in [2.75, 3.05) is 25.5 Å². The molecule has 0 aromatic carbocycles. The van der Waals surface area contributed by atoms with E-state index >= 15 is 0 Å². The third kappa shape index (κ3) is 4.43. The number of rotatable bonds is 5. The van der Waals surface area contributed by atoms with Gasteiger partial charge < -0.3 is 15.4 Å². The Kier molecular flexibility index (Phi) is 5.56. The van der Waals surface area contributed by atoms with E-state index in [0.717, 1.165) is 31.0 Å². The Hall–Kier alpha value is -1.62. The zero-order valence-electron chi connectivity index (χ0n) is 13.1. The summed E-state index contributed by atoms with van der Waals surface area (Å²) < 4.78 is 5.63. The number of hydrogen-bond acceptors (Lipinski definition) is 4. The van der Waals surface area contributed by atoms with Crippen LogP contribution in [-0.2, 0) is 4.74 Å². The van der Waals surface area contributed by atoms with Crippen LogP contribution >= 0.6 is 0 Å². The van der Waals surface area contributed by atoms with Crippen LogP contribution in [0.5, 0.6) is 0 Å². The molecular weight excluding hydrogens is 266 g/mol. The van der Waals surface area contributed by atoms with Crippen LogP contribution in [0.1, 0.15) is 55.1 Å². The molecular formula is C16H25N3O2. The summed E-state index contributed by atoms with van der Waals surface area (Å²) in [7, 11) is 1.81. The number of carbonyl (C=O) groups is 1. The number of amides is 1. The molecule has 1 atom stereocenters. The molecule has 2 rings (SSSR count). The highest BCUT2D eigenvalue weighted by Crippen LogP contribution is 2.18. The molecule has 2 N–H and O–H groups in total. The van der Waals surface area contributed by atoms with Crippen LogP contribution in [0.25, 0.3) is 0 Å². The van der Waals surface area contributed by atoms with E-state index in [1.54, 1.807) is 6.07 Å². The minimum absolute atomic E-state index is 0.0648. The van der Waals surface area contributed by atoms with Crippen molar-refractivity contribution in [3.05, 3.63) is 23.4 Å². The van der Waals surface area contributed by atoms with E-state index in [1.165, 1.54) is 6.42 Å². The van der Waals surface area contributed by atoms with E-state index < -0.39 is 0 Å². The van der Waals surface area contributed by atoms with Crippen molar-refractivity contribution in [2.45, 2.75) is 45.1 Å². The van der Waals surface area contributed by atoms with Gasteiger partial charge in [0.15, 0.2) is 0 Å². The normalized spacial score (nSPS) is 18.6. The maximum Gasteiger partial charge on any atom is 0.251 e. The molecule has 0 saturated carbocycles. The number of ether oxygens (including phenoxy) is 1. The van der Waals surface area contributed by atoms with Crippen molar-refractivity contribution in [1.82, 2.24) is 10.3 Å². The van der Waals surface area contributed by atoms with E-state index in [-0.39, 0.29) is 17.9 Å². The van der Waals surface area contributed by atoms with Crippen LogP contribution in [0.3, 0.4) is 0 Å². The Labute approximate surface area is 126 Å². The number of hydrogen-bond donors (Lipinski definition) is 2. The third-order valence-electron chi connectivity index (χ3n) is 3.72. The van der Waals surface area contributed by atoms with Crippen molar-refractivity contribution in [3.8, 4) is 0 Å². The molecule has 21 heavy (non-hydrogen) atoms. The lowest BCUT2D eigenvalue weighted by molar-refractivity contribution is 0.0169. The molecule has 1 aliphatic rings. The number of aromatic nitrogens is 1. The predicted octanol–water partition coefficient (Wildman–Crippen LogP) is 2.55. The highest BCUT2D eigenvalue weighted by Gasteiger charge is 2.16. The predicted molar refractivity (Wildman–Crippen MR) is 83.8 cm³/mol. The summed E-state index contributed by atoms with van der Waals surface area (Å²) in [5.74, 6) is 0.941. The zero-order chi connectivity index (χ0) is 15.2. The molecule has 1 amide bonds. The van der Waals surface area contributed by atoms with E-state index in [2.05, 4.69) is 29.5 Å². The third-order valence-corrected chi connectivity index (χ3v) is 3.72. The molecule has 0 spiro atoms.